The zero-order valence-electron chi connectivity index (χ0n) is 16.4. The van der Waals surface area contributed by atoms with Crippen LogP contribution in [0.15, 0.2) is 43.5 Å². The first-order chi connectivity index (χ1) is 12.5. The van der Waals surface area contributed by atoms with E-state index in [4.69, 9.17) is 14.0 Å². The normalized spacial score (nSPS) is 20.3. The summed E-state index contributed by atoms with van der Waals surface area (Å²) in [6, 6.07) is 5.30. The molecule has 0 aliphatic carbocycles. The first-order valence-corrected chi connectivity index (χ1v) is 8.85. The molecule has 2 aromatic rings. The number of alkyl halides is 1. The van der Waals surface area contributed by atoms with Crippen molar-refractivity contribution in [1.82, 2.24) is 14.8 Å². The van der Waals surface area contributed by atoms with Crippen LogP contribution in [0.2, 0.25) is 0 Å². The molecule has 0 amide bonds. The monoisotopic (exact) mass is 373 g/mol. The van der Waals surface area contributed by atoms with Gasteiger partial charge in [0.1, 0.15) is 18.4 Å². The van der Waals surface area contributed by atoms with Crippen LogP contribution >= 0.6 is 0 Å². The number of ether oxygens (including phenoxy) is 1. The molecular formula is C19H25BFN3O3. The summed E-state index contributed by atoms with van der Waals surface area (Å²) in [5.41, 5.74) is 0.766. The third-order valence-corrected chi connectivity index (χ3v) is 5.10. The van der Waals surface area contributed by atoms with Gasteiger partial charge < -0.3 is 14.0 Å². The Hall–Kier alpha value is -2.19. The van der Waals surface area contributed by atoms with Crippen molar-refractivity contribution in [2.24, 2.45) is 0 Å². The summed E-state index contributed by atoms with van der Waals surface area (Å²) in [4.78, 5) is 3.97. The van der Waals surface area contributed by atoms with Gasteiger partial charge in [0.05, 0.1) is 17.7 Å². The number of hydrogen-bond acceptors (Lipinski definition) is 5. The van der Waals surface area contributed by atoms with Crippen LogP contribution in [-0.4, -0.2) is 38.9 Å². The van der Waals surface area contributed by atoms with Crippen molar-refractivity contribution >= 4 is 12.6 Å². The zero-order valence-corrected chi connectivity index (χ0v) is 16.4. The van der Waals surface area contributed by atoms with Crippen LogP contribution in [0.4, 0.5) is 4.39 Å². The fourth-order valence-electron chi connectivity index (χ4n) is 2.74. The molecule has 3 rings (SSSR count). The largest absolute Gasteiger partial charge is 0.495 e. The highest BCUT2D eigenvalue weighted by atomic mass is 19.2. The van der Waals surface area contributed by atoms with E-state index in [1.54, 1.807) is 23.1 Å². The van der Waals surface area contributed by atoms with Gasteiger partial charge in [-0.3, -0.25) is 0 Å². The highest BCUT2D eigenvalue weighted by Gasteiger charge is 2.52. The van der Waals surface area contributed by atoms with E-state index in [-0.39, 0.29) is 0 Å². The summed E-state index contributed by atoms with van der Waals surface area (Å²) in [5, 5.41) is 4.15. The highest BCUT2D eigenvalue weighted by Crippen LogP contribution is 2.37. The number of rotatable bonds is 6. The zero-order chi connectivity index (χ0) is 19.9. The van der Waals surface area contributed by atoms with Crippen molar-refractivity contribution in [2.75, 3.05) is 0 Å². The molecule has 1 aliphatic heterocycles. The molecule has 1 saturated heterocycles. The number of hydrogen-bond donors (Lipinski definition) is 0. The molecule has 6 nitrogen and oxygen atoms in total. The van der Waals surface area contributed by atoms with E-state index in [0.717, 1.165) is 17.1 Å². The summed E-state index contributed by atoms with van der Waals surface area (Å²) in [5.74, 6) is -1.58. The third kappa shape index (κ3) is 4.06. The number of benzene rings is 1. The molecule has 0 spiro atoms. The van der Waals surface area contributed by atoms with E-state index in [2.05, 4.69) is 16.7 Å². The van der Waals surface area contributed by atoms with Crippen molar-refractivity contribution in [2.45, 2.75) is 58.2 Å². The fraction of sp³-hybridized carbons (Fsp3) is 0.474. The first-order valence-electron chi connectivity index (χ1n) is 8.85. The number of aromatic nitrogens is 3. The summed E-state index contributed by atoms with van der Waals surface area (Å²) in [7, 11) is -0.543. The van der Waals surface area contributed by atoms with E-state index < -0.39 is 24.2 Å². The molecule has 27 heavy (non-hydrogen) atoms. The van der Waals surface area contributed by atoms with Crippen molar-refractivity contribution in [3.8, 4) is 5.75 Å². The van der Waals surface area contributed by atoms with Crippen LogP contribution in [0.25, 0.3) is 0 Å². The summed E-state index contributed by atoms with van der Waals surface area (Å²) >= 11 is 0. The maximum Gasteiger partial charge on any atom is 0.495 e. The fourth-order valence-corrected chi connectivity index (χ4v) is 2.74. The molecule has 0 N–H and O–H groups in total. The second-order valence-electron chi connectivity index (χ2n) is 7.83. The number of halogens is 1. The lowest BCUT2D eigenvalue weighted by atomic mass is 9.76. The Labute approximate surface area is 159 Å². The van der Waals surface area contributed by atoms with Crippen LogP contribution in [0.3, 0.4) is 0 Å². The maximum atomic E-state index is 14.2. The van der Waals surface area contributed by atoms with Crippen molar-refractivity contribution in [1.29, 1.82) is 0 Å². The van der Waals surface area contributed by atoms with Crippen molar-refractivity contribution in [3.05, 3.63) is 49.1 Å². The molecule has 2 heterocycles. The number of nitrogens with zero attached hydrogens (tertiary/aromatic N) is 3. The van der Waals surface area contributed by atoms with Gasteiger partial charge in [-0.2, -0.15) is 9.49 Å². The van der Waals surface area contributed by atoms with E-state index >= 15 is 0 Å². The van der Waals surface area contributed by atoms with Crippen LogP contribution in [-0.2, 0) is 15.9 Å². The van der Waals surface area contributed by atoms with Gasteiger partial charge in [0.25, 0.3) is 5.85 Å². The average Bonchev–Trinajstić information content (AvgIpc) is 3.13. The lowest BCUT2D eigenvalue weighted by Crippen LogP contribution is -2.41. The minimum absolute atomic E-state index is 0.385. The molecule has 8 heteroatoms. The molecule has 1 aromatic carbocycles. The molecular weight excluding hydrogens is 348 g/mol. The molecule has 1 unspecified atom stereocenters. The van der Waals surface area contributed by atoms with Gasteiger partial charge in [-0.05, 0) is 56.9 Å². The minimum atomic E-state index is -1.96. The predicted octanol–water partition coefficient (Wildman–Crippen LogP) is 2.88. The Kier molecular flexibility index (Phi) is 4.90. The molecule has 1 aromatic heterocycles. The molecule has 1 atom stereocenters. The highest BCUT2D eigenvalue weighted by molar-refractivity contribution is 6.62. The lowest BCUT2D eigenvalue weighted by molar-refractivity contribution is 0.00397. The lowest BCUT2D eigenvalue weighted by Gasteiger charge is -2.32. The Bertz CT molecular complexity index is 806. The van der Waals surface area contributed by atoms with Gasteiger partial charge >= 0.3 is 7.12 Å². The molecule has 144 valence electrons. The van der Waals surface area contributed by atoms with Gasteiger partial charge in [-0.25, -0.2) is 9.67 Å². The van der Waals surface area contributed by atoms with Crippen LogP contribution in [0, 0.1) is 0 Å². The van der Waals surface area contributed by atoms with Gasteiger partial charge in [0.2, 0.25) is 0 Å². The topological polar surface area (TPSA) is 58.4 Å². The average molecular weight is 373 g/mol. The quantitative estimate of drug-likeness (QED) is 0.576. The summed E-state index contributed by atoms with van der Waals surface area (Å²) < 4.78 is 33.6. The van der Waals surface area contributed by atoms with Gasteiger partial charge in [-0.1, -0.05) is 12.6 Å². The maximum absolute atomic E-state index is 14.2. The Morgan fingerprint density at radius 2 is 1.96 bits per heavy atom. The van der Waals surface area contributed by atoms with Gasteiger partial charge in [0, 0.05) is 6.92 Å². The second kappa shape index (κ2) is 6.76. The van der Waals surface area contributed by atoms with Crippen LogP contribution in [0.5, 0.6) is 5.75 Å². The van der Waals surface area contributed by atoms with E-state index in [1.165, 1.54) is 13.3 Å². The molecule has 0 saturated carbocycles. The van der Waals surface area contributed by atoms with E-state index in [9.17, 15) is 4.39 Å². The van der Waals surface area contributed by atoms with Crippen molar-refractivity contribution in [3.63, 3.8) is 0 Å². The van der Waals surface area contributed by atoms with Crippen LogP contribution < -0.4 is 10.2 Å². The van der Waals surface area contributed by atoms with Crippen molar-refractivity contribution < 1.29 is 18.4 Å². The van der Waals surface area contributed by atoms with Gasteiger partial charge in [-0.15, -0.1) is 0 Å². The molecule has 1 fully saturated rings. The first kappa shape index (κ1) is 19.6. The predicted molar refractivity (Wildman–Crippen MR) is 102 cm³/mol. The van der Waals surface area contributed by atoms with E-state index in [0.29, 0.717) is 12.3 Å². The van der Waals surface area contributed by atoms with Crippen LogP contribution in [0.1, 0.15) is 40.2 Å². The summed E-state index contributed by atoms with van der Waals surface area (Å²) in [6.45, 7) is 13.2. The third-order valence-electron chi connectivity index (χ3n) is 5.10. The Morgan fingerprint density at radius 1 is 1.30 bits per heavy atom. The minimum Gasteiger partial charge on any atom is -0.455 e. The SMILES string of the molecule is C=CC(C)(F)Oc1ccc(B2OC(C)(C)C(C)(C)O2)c(Cn2cncn2)c1. The molecule has 1 aliphatic rings. The van der Waals surface area contributed by atoms with E-state index in [1.807, 2.05) is 33.8 Å². The Morgan fingerprint density at radius 3 is 2.52 bits per heavy atom. The second-order valence-corrected chi connectivity index (χ2v) is 7.83. The summed E-state index contributed by atoms with van der Waals surface area (Å²) in [6.07, 6.45) is 4.20. The van der Waals surface area contributed by atoms with Gasteiger partial charge in [0.15, 0.2) is 0 Å². The Balaban J connectivity index is 1.96. The molecule has 0 bridgehead atoms. The smallest absolute Gasteiger partial charge is 0.455 e. The standard InChI is InChI=1S/C19H25BFN3O3/c1-7-19(6,21)25-15-8-9-16(14(10-15)11-24-13-22-12-23-24)20-26-17(2,3)18(4,5)27-20/h7-10,12-13H,1,11H2,2-6H3. The molecule has 0 radical (unpaired) electrons.